The maximum absolute atomic E-state index is 10.6. The van der Waals surface area contributed by atoms with Crippen LogP contribution in [0.25, 0.3) is 0 Å². The number of hydrogen-bond donors (Lipinski definition) is 1. The lowest BCUT2D eigenvalue weighted by atomic mass is 9.83. The predicted molar refractivity (Wildman–Crippen MR) is 80.3 cm³/mol. The van der Waals surface area contributed by atoms with Crippen molar-refractivity contribution in [2.45, 2.75) is 12.0 Å². The molecular weight excluding hydrogens is 268 g/mol. The van der Waals surface area contributed by atoms with E-state index in [0.29, 0.717) is 6.42 Å². The number of carbonyl (C=O) groups is 1. The zero-order chi connectivity index (χ0) is 15.3. The Labute approximate surface area is 124 Å². The molecule has 0 aliphatic heterocycles. The van der Waals surface area contributed by atoms with Crippen LogP contribution >= 0.6 is 0 Å². The molecule has 2 rings (SSSR count). The number of allylic oxidation sites excluding steroid dienone is 3. The van der Waals surface area contributed by atoms with Crippen molar-refractivity contribution in [3.63, 3.8) is 0 Å². The lowest BCUT2D eigenvalue weighted by Crippen LogP contribution is -2.28. The van der Waals surface area contributed by atoms with Crippen molar-refractivity contribution in [2.75, 3.05) is 14.2 Å². The molecule has 4 heteroatoms. The van der Waals surface area contributed by atoms with Gasteiger partial charge in [-0.2, -0.15) is 0 Å². The molecule has 1 atom stereocenters. The minimum Gasteiger partial charge on any atom is -0.497 e. The number of aliphatic carboxylic acids is 1. The van der Waals surface area contributed by atoms with Crippen LogP contribution in [-0.2, 0) is 15.1 Å². The number of carboxylic acids is 1. The van der Waals surface area contributed by atoms with Gasteiger partial charge in [-0.25, -0.2) is 4.79 Å². The van der Waals surface area contributed by atoms with Crippen molar-refractivity contribution in [1.29, 1.82) is 0 Å². The van der Waals surface area contributed by atoms with E-state index in [2.05, 4.69) is 0 Å². The fraction of sp³-hybridized carbons (Fsp3) is 0.235. The molecule has 1 N–H and O–H groups in total. The second kappa shape index (κ2) is 6.41. The Morgan fingerprint density at radius 1 is 1.38 bits per heavy atom. The molecule has 0 aromatic heterocycles. The monoisotopic (exact) mass is 286 g/mol. The van der Waals surface area contributed by atoms with Crippen LogP contribution in [0.2, 0.25) is 0 Å². The molecule has 0 spiro atoms. The fourth-order valence-electron chi connectivity index (χ4n) is 2.38. The third-order valence-electron chi connectivity index (χ3n) is 3.51. The molecule has 1 aromatic rings. The van der Waals surface area contributed by atoms with Crippen molar-refractivity contribution in [3.8, 4) is 5.75 Å². The SMILES string of the molecule is COc1cccc(C2(OC)C=CC=C(C=CC(=O)O)C2)c1. The van der Waals surface area contributed by atoms with Gasteiger partial charge >= 0.3 is 5.97 Å². The summed E-state index contributed by atoms with van der Waals surface area (Å²) in [7, 11) is 3.27. The minimum absolute atomic E-state index is 0.566. The van der Waals surface area contributed by atoms with Crippen molar-refractivity contribution in [1.82, 2.24) is 0 Å². The quantitative estimate of drug-likeness (QED) is 0.845. The average Bonchev–Trinajstić information content (AvgIpc) is 2.53. The van der Waals surface area contributed by atoms with E-state index in [-0.39, 0.29) is 0 Å². The zero-order valence-electron chi connectivity index (χ0n) is 12.1. The normalized spacial score (nSPS) is 21.3. The summed E-state index contributed by atoms with van der Waals surface area (Å²) in [5.41, 5.74) is 1.25. The van der Waals surface area contributed by atoms with E-state index in [9.17, 15) is 4.79 Å². The molecule has 1 aliphatic carbocycles. The van der Waals surface area contributed by atoms with E-state index >= 15 is 0 Å². The molecule has 1 aliphatic rings. The molecule has 0 heterocycles. The second-order valence-electron chi connectivity index (χ2n) is 4.77. The third-order valence-corrected chi connectivity index (χ3v) is 3.51. The van der Waals surface area contributed by atoms with Crippen LogP contribution in [0.1, 0.15) is 12.0 Å². The van der Waals surface area contributed by atoms with Crippen molar-refractivity contribution in [2.24, 2.45) is 0 Å². The summed E-state index contributed by atoms with van der Waals surface area (Å²) < 4.78 is 11.0. The minimum atomic E-state index is -0.963. The van der Waals surface area contributed by atoms with Gasteiger partial charge in [-0.05, 0) is 29.3 Å². The maximum atomic E-state index is 10.6. The van der Waals surface area contributed by atoms with E-state index in [1.807, 2.05) is 42.5 Å². The molecule has 110 valence electrons. The van der Waals surface area contributed by atoms with Crippen molar-refractivity contribution >= 4 is 5.97 Å². The highest BCUT2D eigenvalue weighted by Crippen LogP contribution is 2.37. The molecule has 1 unspecified atom stereocenters. The van der Waals surface area contributed by atoms with Gasteiger partial charge in [0, 0.05) is 19.6 Å². The van der Waals surface area contributed by atoms with Crippen molar-refractivity contribution in [3.05, 3.63) is 65.8 Å². The standard InChI is InChI=1S/C17H18O4/c1-20-15-7-3-6-14(11-15)17(21-2)10-4-5-13(12-17)8-9-16(18)19/h3-11H,12H2,1-2H3,(H,18,19). The first kappa shape index (κ1) is 15.1. The molecule has 0 saturated heterocycles. The molecule has 0 saturated carbocycles. The van der Waals surface area contributed by atoms with Crippen LogP contribution in [0.15, 0.2) is 60.2 Å². The first-order valence-electron chi connectivity index (χ1n) is 6.59. The van der Waals surface area contributed by atoms with Gasteiger partial charge in [-0.15, -0.1) is 0 Å². The Bertz CT molecular complexity index is 613. The Morgan fingerprint density at radius 2 is 2.19 bits per heavy atom. The lowest BCUT2D eigenvalue weighted by Gasteiger charge is -2.32. The molecule has 4 nitrogen and oxygen atoms in total. The fourth-order valence-corrected chi connectivity index (χ4v) is 2.38. The smallest absolute Gasteiger partial charge is 0.328 e. The Balaban J connectivity index is 2.33. The van der Waals surface area contributed by atoms with E-state index in [1.54, 1.807) is 20.3 Å². The van der Waals surface area contributed by atoms with Gasteiger partial charge in [-0.1, -0.05) is 30.4 Å². The number of rotatable bonds is 5. The molecule has 0 bridgehead atoms. The number of methoxy groups -OCH3 is 2. The van der Waals surface area contributed by atoms with Gasteiger partial charge < -0.3 is 14.6 Å². The Kier molecular flexibility index (Phi) is 4.60. The molecule has 0 amide bonds. The van der Waals surface area contributed by atoms with E-state index < -0.39 is 11.6 Å². The van der Waals surface area contributed by atoms with Crippen LogP contribution in [0.3, 0.4) is 0 Å². The summed E-state index contributed by atoms with van der Waals surface area (Å²) in [6.07, 6.45) is 9.04. The number of carboxylic acid groups (broad SMARTS) is 1. The van der Waals surface area contributed by atoms with Gasteiger partial charge in [0.25, 0.3) is 0 Å². The predicted octanol–water partition coefficient (Wildman–Crippen LogP) is 3.06. The molecule has 21 heavy (non-hydrogen) atoms. The highest BCUT2D eigenvalue weighted by Gasteiger charge is 2.31. The van der Waals surface area contributed by atoms with Crippen molar-refractivity contribution < 1.29 is 19.4 Å². The largest absolute Gasteiger partial charge is 0.497 e. The number of benzene rings is 1. The summed E-state index contributed by atoms with van der Waals surface area (Å²) in [5.74, 6) is -0.204. The van der Waals surface area contributed by atoms with E-state index in [4.69, 9.17) is 14.6 Å². The van der Waals surface area contributed by atoms with E-state index in [0.717, 1.165) is 23.0 Å². The van der Waals surface area contributed by atoms with E-state index in [1.165, 1.54) is 0 Å². The summed E-state index contributed by atoms with van der Waals surface area (Å²) >= 11 is 0. The zero-order valence-corrected chi connectivity index (χ0v) is 12.1. The highest BCUT2D eigenvalue weighted by atomic mass is 16.5. The summed E-state index contributed by atoms with van der Waals surface area (Å²) in [6, 6.07) is 7.69. The molecule has 1 aromatic carbocycles. The lowest BCUT2D eigenvalue weighted by molar-refractivity contribution is -0.131. The Morgan fingerprint density at radius 3 is 2.86 bits per heavy atom. The average molecular weight is 286 g/mol. The first-order valence-corrected chi connectivity index (χ1v) is 6.59. The number of hydrogen-bond acceptors (Lipinski definition) is 3. The molecular formula is C17H18O4. The van der Waals surface area contributed by atoms with Crippen LogP contribution in [0.4, 0.5) is 0 Å². The van der Waals surface area contributed by atoms with Crippen LogP contribution in [-0.4, -0.2) is 25.3 Å². The molecule has 0 radical (unpaired) electrons. The van der Waals surface area contributed by atoms with Crippen LogP contribution < -0.4 is 4.74 Å². The summed E-state index contributed by atoms with van der Waals surface area (Å²) in [4.78, 5) is 10.6. The molecule has 0 fully saturated rings. The number of ether oxygens (including phenoxy) is 2. The first-order chi connectivity index (χ1) is 10.1. The summed E-state index contributed by atoms with van der Waals surface area (Å²) in [5, 5.41) is 8.74. The topological polar surface area (TPSA) is 55.8 Å². The Hall–Kier alpha value is -2.33. The van der Waals surface area contributed by atoms with Gasteiger partial charge in [0.2, 0.25) is 0 Å². The van der Waals surface area contributed by atoms with Gasteiger partial charge in [0.15, 0.2) is 0 Å². The second-order valence-corrected chi connectivity index (χ2v) is 4.77. The summed E-state index contributed by atoms with van der Waals surface area (Å²) in [6.45, 7) is 0. The van der Waals surface area contributed by atoms with Gasteiger partial charge in [0.1, 0.15) is 11.4 Å². The van der Waals surface area contributed by atoms with Gasteiger partial charge in [-0.3, -0.25) is 0 Å². The highest BCUT2D eigenvalue weighted by molar-refractivity contribution is 5.80. The van der Waals surface area contributed by atoms with Crippen LogP contribution in [0, 0.1) is 0 Å². The van der Waals surface area contributed by atoms with Gasteiger partial charge in [0.05, 0.1) is 7.11 Å². The van der Waals surface area contributed by atoms with Crippen LogP contribution in [0.5, 0.6) is 5.75 Å². The maximum Gasteiger partial charge on any atom is 0.328 e. The third kappa shape index (κ3) is 3.41.